The van der Waals surface area contributed by atoms with Crippen molar-refractivity contribution in [2.45, 2.75) is 33.1 Å². The topological polar surface area (TPSA) is 0 Å². The molecule has 0 aromatic carbocycles. The van der Waals surface area contributed by atoms with Gasteiger partial charge in [0, 0.05) is 0 Å². The molecule has 0 aromatic rings. The average molecular weight is 160 g/mol. The van der Waals surface area contributed by atoms with Crippen LogP contribution in [-0.4, -0.2) is 0 Å². The quantitative estimate of drug-likeness (QED) is 0.473. The van der Waals surface area contributed by atoms with Crippen LogP contribution >= 0.6 is 0 Å². The second-order valence-electron chi connectivity index (χ2n) is 3.50. The molecule has 2 rings (SSSR count). The smallest absolute Gasteiger partial charge is 0.0102 e. The third kappa shape index (κ3) is 2.56. The van der Waals surface area contributed by atoms with E-state index in [1.165, 1.54) is 19.3 Å². The van der Waals surface area contributed by atoms with E-state index < -0.39 is 0 Å². The molecule has 1 saturated carbocycles. The van der Waals surface area contributed by atoms with Crippen LogP contribution in [0.2, 0.25) is 0 Å². The van der Waals surface area contributed by atoms with E-state index in [-0.39, 0.29) is 0 Å². The van der Waals surface area contributed by atoms with Crippen LogP contribution in [-0.2, 0) is 0 Å². The summed E-state index contributed by atoms with van der Waals surface area (Å²) in [5, 5.41) is 0. The van der Waals surface area contributed by atoms with E-state index in [0.29, 0.717) is 0 Å². The second-order valence-corrected chi connectivity index (χ2v) is 3.50. The molecule has 0 saturated heterocycles. The van der Waals surface area contributed by atoms with Crippen molar-refractivity contribution >= 4 is 0 Å². The van der Waals surface area contributed by atoms with Gasteiger partial charge >= 0.3 is 0 Å². The molecule has 64 valence electrons. The minimum absolute atomic E-state index is 1.14. The Balaban J connectivity index is 0.000000130. The van der Waals surface area contributed by atoms with E-state index in [9.17, 15) is 0 Å². The number of hydrogen-bond donors (Lipinski definition) is 0. The third-order valence-corrected chi connectivity index (χ3v) is 2.13. The molecule has 2 bridgehead atoms. The summed E-state index contributed by atoms with van der Waals surface area (Å²) in [6.07, 6.45) is 8.54. The summed E-state index contributed by atoms with van der Waals surface area (Å²) < 4.78 is 0. The van der Waals surface area contributed by atoms with Gasteiger partial charge in [0.05, 0.1) is 0 Å². The Hall–Kier alpha value is -1.00. The molecule has 0 nitrogen and oxygen atoms in total. The minimum atomic E-state index is 1.14. The summed E-state index contributed by atoms with van der Waals surface area (Å²) in [7, 11) is 0. The van der Waals surface area contributed by atoms with Crippen LogP contribution in [0, 0.1) is 0 Å². The Labute approximate surface area is 75.0 Å². The van der Waals surface area contributed by atoms with Gasteiger partial charge in [-0.2, -0.15) is 0 Å². The van der Waals surface area contributed by atoms with Crippen molar-refractivity contribution in [2.24, 2.45) is 0 Å². The standard InChI is InChI=1S/C7H8.C5H8/c1-2-7-4-3-6(1)5-7;1-4-5(2)3/h1-2H,3-5H2;1H2,2-3H3. The van der Waals surface area contributed by atoms with Gasteiger partial charge < -0.3 is 0 Å². The highest BCUT2D eigenvalue weighted by Crippen LogP contribution is 2.34. The fourth-order valence-corrected chi connectivity index (χ4v) is 1.31. The van der Waals surface area contributed by atoms with Gasteiger partial charge in [-0.25, -0.2) is 0 Å². The Kier molecular flexibility index (Phi) is 3.13. The van der Waals surface area contributed by atoms with Gasteiger partial charge in [-0.05, 0) is 38.7 Å². The van der Waals surface area contributed by atoms with Gasteiger partial charge in [-0.1, -0.05) is 29.9 Å². The summed E-state index contributed by atoms with van der Waals surface area (Å²) >= 11 is 0. The zero-order valence-corrected chi connectivity index (χ0v) is 7.98. The van der Waals surface area contributed by atoms with E-state index in [2.05, 4.69) is 24.5 Å². The molecule has 1 fully saturated rings. The molecule has 0 unspecified atom stereocenters. The predicted molar refractivity (Wildman–Crippen MR) is 54.0 cm³/mol. The summed E-state index contributed by atoms with van der Waals surface area (Å²) in [5.74, 6) is 0. The number of rotatable bonds is 0. The number of fused-ring (bicyclic) bond motifs is 2. The average Bonchev–Trinajstić information content (AvgIpc) is 2.67. The van der Waals surface area contributed by atoms with Crippen molar-refractivity contribution in [3.8, 4) is 0 Å². The normalized spacial score (nSPS) is 17.2. The first-order chi connectivity index (χ1) is 5.72. The molecule has 0 radical (unpaired) electrons. The lowest BCUT2D eigenvalue weighted by Gasteiger charge is -1.87. The van der Waals surface area contributed by atoms with Crippen LogP contribution in [0.4, 0.5) is 0 Å². The largest absolute Gasteiger partial charge is 0.130 e. The monoisotopic (exact) mass is 160 g/mol. The molecular formula is C12H16. The molecule has 0 amide bonds. The van der Waals surface area contributed by atoms with Crippen LogP contribution in [0.3, 0.4) is 0 Å². The maximum Gasteiger partial charge on any atom is -0.0102 e. The van der Waals surface area contributed by atoms with Crippen LogP contribution in [0.25, 0.3) is 0 Å². The first kappa shape index (κ1) is 9.09. The van der Waals surface area contributed by atoms with Gasteiger partial charge in [0.1, 0.15) is 0 Å². The first-order valence-corrected chi connectivity index (χ1v) is 4.43. The summed E-state index contributed by atoms with van der Waals surface area (Å²) in [6.45, 7) is 7.33. The lowest BCUT2D eigenvalue weighted by Crippen LogP contribution is -1.67. The number of allylic oxidation sites excluding steroid dienone is 5. The van der Waals surface area contributed by atoms with Gasteiger partial charge in [0.2, 0.25) is 0 Å². The fraction of sp³-hybridized carbons (Fsp3) is 0.417. The fourth-order valence-electron chi connectivity index (χ4n) is 1.31. The predicted octanol–water partition coefficient (Wildman–Crippen LogP) is 3.77. The maximum absolute atomic E-state index is 3.40. The molecule has 0 atom stereocenters. The second kappa shape index (κ2) is 4.13. The number of hydrogen-bond acceptors (Lipinski definition) is 0. The molecule has 0 N–H and O–H groups in total. The summed E-state index contributed by atoms with van der Waals surface area (Å²) in [6, 6.07) is 0. The highest BCUT2D eigenvalue weighted by atomic mass is 14.2. The van der Waals surface area contributed by atoms with Crippen LogP contribution in [0.1, 0.15) is 33.1 Å². The zero-order chi connectivity index (χ0) is 8.97. The Bertz CT molecular complexity index is 248. The van der Waals surface area contributed by atoms with Crippen LogP contribution in [0.5, 0.6) is 0 Å². The van der Waals surface area contributed by atoms with E-state index in [1.807, 2.05) is 13.8 Å². The third-order valence-electron chi connectivity index (χ3n) is 2.13. The minimum Gasteiger partial charge on any atom is -0.130 e. The zero-order valence-electron chi connectivity index (χ0n) is 7.98. The Morgan fingerprint density at radius 3 is 1.75 bits per heavy atom. The molecule has 0 aromatic heterocycles. The molecule has 0 heteroatoms. The maximum atomic E-state index is 3.40. The van der Waals surface area contributed by atoms with Gasteiger partial charge in [0.15, 0.2) is 0 Å². The van der Waals surface area contributed by atoms with Crippen molar-refractivity contribution in [1.82, 2.24) is 0 Å². The van der Waals surface area contributed by atoms with Crippen molar-refractivity contribution < 1.29 is 0 Å². The van der Waals surface area contributed by atoms with E-state index in [1.54, 1.807) is 11.1 Å². The summed E-state index contributed by atoms with van der Waals surface area (Å²) in [4.78, 5) is 0. The SMILES string of the molecule is C1=C2CCC(=C1)C2.C=C=C(C)C. The lowest BCUT2D eigenvalue weighted by atomic mass is 10.2. The van der Waals surface area contributed by atoms with Crippen molar-refractivity contribution in [2.75, 3.05) is 0 Å². The molecule has 0 aliphatic heterocycles. The molecular weight excluding hydrogens is 144 g/mol. The van der Waals surface area contributed by atoms with Gasteiger partial charge in [-0.3, -0.25) is 0 Å². The van der Waals surface area contributed by atoms with E-state index in [0.717, 1.165) is 5.57 Å². The molecule has 12 heavy (non-hydrogen) atoms. The van der Waals surface area contributed by atoms with Crippen LogP contribution in [0.15, 0.2) is 41.2 Å². The molecule has 0 spiro atoms. The van der Waals surface area contributed by atoms with Crippen molar-refractivity contribution in [1.29, 1.82) is 0 Å². The Morgan fingerprint density at radius 1 is 1.25 bits per heavy atom. The molecule has 2 aliphatic rings. The van der Waals surface area contributed by atoms with Gasteiger partial charge in [-0.15, -0.1) is 5.73 Å². The van der Waals surface area contributed by atoms with Gasteiger partial charge in [0.25, 0.3) is 0 Å². The lowest BCUT2D eigenvalue weighted by molar-refractivity contribution is 1.04. The van der Waals surface area contributed by atoms with Crippen LogP contribution < -0.4 is 0 Å². The highest BCUT2D eigenvalue weighted by Gasteiger charge is 2.14. The van der Waals surface area contributed by atoms with E-state index in [4.69, 9.17) is 0 Å². The van der Waals surface area contributed by atoms with E-state index >= 15 is 0 Å². The molecule has 0 heterocycles. The Morgan fingerprint density at radius 2 is 1.67 bits per heavy atom. The van der Waals surface area contributed by atoms with Crippen molar-refractivity contribution in [3.63, 3.8) is 0 Å². The summed E-state index contributed by atoms with van der Waals surface area (Å²) in [5.41, 5.74) is 7.13. The first-order valence-electron chi connectivity index (χ1n) is 4.43. The molecule has 2 aliphatic carbocycles. The highest BCUT2D eigenvalue weighted by molar-refractivity contribution is 5.36. The van der Waals surface area contributed by atoms with Crippen molar-refractivity contribution in [3.05, 3.63) is 41.2 Å².